The molecule has 4 rings (SSSR count). The van der Waals surface area contributed by atoms with E-state index < -0.39 is 5.97 Å². The summed E-state index contributed by atoms with van der Waals surface area (Å²) in [6.07, 6.45) is 2.05. The van der Waals surface area contributed by atoms with Crippen molar-refractivity contribution in [1.82, 2.24) is 14.0 Å². The van der Waals surface area contributed by atoms with Gasteiger partial charge in [-0.05, 0) is 47.9 Å². The van der Waals surface area contributed by atoms with Crippen LogP contribution in [0.1, 0.15) is 27.0 Å². The number of carbonyl (C=O) groups is 2. The fourth-order valence-electron chi connectivity index (χ4n) is 3.62. The molecule has 33 heavy (non-hydrogen) atoms. The van der Waals surface area contributed by atoms with Crippen LogP contribution in [0.4, 0.5) is 0 Å². The van der Waals surface area contributed by atoms with Crippen LogP contribution >= 0.6 is 11.8 Å². The van der Waals surface area contributed by atoms with Crippen LogP contribution < -0.4 is 0 Å². The Balaban J connectivity index is 1.57. The third kappa shape index (κ3) is 4.86. The first-order valence-electron chi connectivity index (χ1n) is 10.2. The number of imidazole rings is 1. The van der Waals surface area contributed by atoms with E-state index in [1.807, 2.05) is 30.3 Å². The SMILES string of the molecule is N#Cc1cc(CC(=O)O)ccc1-n1cnc2cc(C(=O)N(Cl)CCc3ccccc3)ccc21. The first-order valence-corrected chi connectivity index (χ1v) is 10.5. The summed E-state index contributed by atoms with van der Waals surface area (Å²) in [7, 11) is 0. The zero-order chi connectivity index (χ0) is 23.4. The minimum atomic E-state index is -0.964. The van der Waals surface area contributed by atoms with Gasteiger partial charge in [-0.1, -0.05) is 36.4 Å². The van der Waals surface area contributed by atoms with Crippen molar-refractivity contribution in [3.63, 3.8) is 0 Å². The molecule has 0 saturated heterocycles. The van der Waals surface area contributed by atoms with Gasteiger partial charge in [-0.2, -0.15) is 5.26 Å². The number of fused-ring (bicyclic) bond motifs is 1. The molecule has 0 atom stereocenters. The predicted molar refractivity (Wildman–Crippen MR) is 124 cm³/mol. The van der Waals surface area contributed by atoms with Crippen molar-refractivity contribution >= 4 is 34.7 Å². The van der Waals surface area contributed by atoms with E-state index >= 15 is 0 Å². The molecule has 0 saturated carbocycles. The normalized spacial score (nSPS) is 10.7. The number of hydrogen-bond acceptors (Lipinski definition) is 4. The van der Waals surface area contributed by atoms with Crippen molar-refractivity contribution in [2.45, 2.75) is 12.8 Å². The molecule has 4 aromatic rings. The second-order valence-electron chi connectivity index (χ2n) is 7.48. The van der Waals surface area contributed by atoms with E-state index in [1.54, 1.807) is 47.3 Å². The molecule has 0 spiro atoms. The predicted octanol–water partition coefficient (Wildman–Crippen LogP) is 4.36. The van der Waals surface area contributed by atoms with Gasteiger partial charge in [0, 0.05) is 23.9 Å². The molecular weight excluding hydrogens is 440 g/mol. The summed E-state index contributed by atoms with van der Waals surface area (Å²) in [5.41, 5.74) is 4.24. The van der Waals surface area contributed by atoms with E-state index in [4.69, 9.17) is 16.9 Å². The quantitative estimate of drug-likeness (QED) is 0.415. The molecule has 0 bridgehead atoms. The summed E-state index contributed by atoms with van der Waals surface area (Å²) in [5, 5.41) is 18.6. The lowest BCUT2D eigenvalue weighted by atomic mass is 10.1. The monoisotopic (exact) mass is 458 g/mol. The lowest BCUT2D eigenvalue weighted by Gasteiger charge is -2.14. The van der Waals surface area contributed by atoms with Crippen LogP contribution in [0.5, 0.6) is 0 Å². The van der Waals surface area contributed by atoms with Crippen LogP contribution in [0.2, 0.25) is 0 Å². The first-order chi connectivity index (χ1) is 16.0. The maximum Gasteiger partial charge on any atom is 0.307 e. The zero-order valence-electron chi connectivity index (χ0n) is 17.5. The fourth-order valence-corrected chi connectivity index (χ4v) is 3.80. The molecule has 0 fully saturated rings. The summed E-state index contributed by atoms with van der Waals surface area (Å²) in [6.45, 7) is 0.366. The highest BCUT2D eigenvalue weighted by molar-refractivity contribution is 6.24. The fraction of sp³-hybridized carbons (Fsp3) is 0.120. The average molecular weight is 459 g/mol. The van der Waals surface area contributed by atoms with Crippen LogP contribution in [0.3, 0.4) is 0 Å². The van der Waals surface area contributed by atoms with Crippen LogP contribution in [-0.4, -0.2) is 37.5 Å². The van der Waals surface area contributed by atoms with Crippen LogP contribution in [-0.2, 0) is 17.6 Å². The average Bonchev–Trinajstić information content (AvgIpc) is 3.25. The van der Waals surface area contributed by atoms with E-state index in [2.05, 4.69) is 11.1 Å². The number of nitriles is 1. The topological polar surface area (TPSA) is 99.2 Å². The minimum Gasteiger partial charge on any atom is -0.481 e. The Kier molecular flexibility index (Phi) is 6.38. The Morgan fingerprint density at radius 1 is 1.06 bits per heavy atom. The van der Waals surface area contributed by atoms with Crippen molar-refractivity contribution in [2.24, 2.45) is 0 Å². The van der Waals surface area contributed by atoms with Gasteiger partial charge >= 0.3 is 5.97 Å². The molecule has 1 amide bonds. The van der Waals surface area contributed by atoms with Gasteiger partial charge in [-0.25, -0.2) is 4.98 Å². The highest BCUT2D eigenvalue weighted by atomic mass is 35.5. The van der Waals surface area contributed by atoms with Crippen molar-refractivity contribution in [1.29, 1.82) is 5.26 Å². The van der Waals surface area contributed by atoms with Gasteiger partial charge in [0.15, 0.2) is 0 Å². The lowest BCUT2D eigenvalue weighted by Crippen LogP contribution is -2.23. The smallest absolute Gasteiger partial charge is 0.307 e. The van der Waals surface area contributed by atoms with Gasteiger partial charge in [-0.15, -0.1) is 0 Å². The Morgan fingerprint density at radius 2 is 1.85 bits per heavy atom. The van der Waals surface area contributed by atoms with Gasteiger partial charge in [-0.3, -0.25) is 18.6 Å². The number of amides is 1. The maximum atomic E-state index is 12.8. The molecule has 0 radical (unpaired) electrons. The summed E-state index contributed by atoms with van der Waals surface area (Å²) in [6, 6.07) is 21.9. The number of hydrogen-bond donors (Lipinski definition) is 1. The molecule has 164 valence electrons. The summed E-state index contributed by atoms with van der Waals surface area (Å²) >= 11 is 6.24. The second-order valence-corrected chi connectivity index (χ2v) is 7.89. The van der Waals surface area contributed by atoms with Crippen molar-refractivity contribution in [2.75, 3.05) is 6.54 Å². The van der Waals surface area contributed by atoms with Gasteiger partial charge in [0.1, 0.15) is 12.4 Å². The second kappa shape index (κ2) is 9.55. The molecule has 0 aliphatic rings. The van der Waals surface area contributed by atoms with Crippen molar-refractivity contribution in [3.05, 3.63) is 95.3 Å². The molecule has 0 aliphatic carbocycles. The van der Waals surface area contributed by atoms with Crippen molar-refractivity contribution < 1.29 is 14.7 Å². The standard InChI is InChI=1S/C25H19ClN4O3/c26-30(11-10-17-4-2-1-3-5-17)25(33)19-7-9-23-21(14-19)28-16-29(23)22-8-6-18(13-24(31)32)12-20(22)15-27/h1-9,12,14,16H,10-11,13H2,(H,31,32). The number of halogens is 1. The third-order valence-electron chi connectivity index (χ3n) is 5.25. The van der Waals surface area contributed by atoms with Crippen LogP contribution in [0.25, 0.3) is 16.7 Å². The molecule has 0 aliphatic heterocycles. The van der Waals surface area contributed by atoms with E-state index in [0.29, 0.717) is 46.4 Å². The Labute approximate surface area is 195 Å². The molecule has 1 N–H and O–H groups in total. The summed E-state index contributed by atoms with van der Waals surface area (Å²) < 4.78 is 2.90. The molecule has 1 aromatic heterocycles. The molecule has 8 heteroatoms. The largest absolute Gasteiger partial charge is 0.481 e. The molecule has 1 heterocycles. The summed E-state index contributed by atoms with van der Waals surface area (Å²) in [5.74, 6) is -1.28. The highest BCUT2D eigenvalue weighted by Crippen LogP contribution is 2.24. The maximum absolute atomic E-state index is 12.8. The van der Waals surface area contributed by atoms with Gasteiger partial charge in [0.05, 0.1) is 28.7 Å². The van der Waals surface area contributed by atoms with E-state index in [9.17, 15) is 14.9 Å². The van der Waals surface area contributed by atoms with Gasteiger partial charge in [0.25, 0.3) is 5.91 Å². The number of carbonyl (C=O) groups excluding carboxylic acids is 1. The number of aromatic nitrogens is 2. The highest BCUT2D eigenvalue weighted by Gasteiger charge is 2.17. The number of nitrogens with zero attached hydrogens (tertiary/aromatic N) is 4. The number of benzene rings is 3. The Hall–Kier alpha value is -4.15. The number of aliphatic carboxylic acids is 1. The summed E-state index contributed by atoms with van der Waals surface area (Å²) in [4.78, 5) is 28.1. The number of carboxylic acid groups (broad SMARTS) is 1. The molecular formula is C25H19ClN4O3. The van der Waals surface area contributed by atoms with Gasteiger partial charge in [0.2, 0.25) is 0 Å². The molecule has 0 unspecified atom stereocenters. The molecule has 3 aromatic carbocycles. The zero-order valence-corrected chi connectivity index (χ0v) is 18.2. The van der Waals surface area contributed by atoms with Gasteiger partial charge < -0.3 is 5.11 Å². The third-order valence-corrected chi connectivity index (χ3v) is 5.57. The minimum absolute atomic E-state index is 0.162. The van der Waals surface area contributed by atoms with Crippen molar-refractivity contribution in [3.8, 4) is 11.8 Å². The number of rotatable bonds is 7. The van der Waals surface area contributed by atoms with Crippen LogP contribution in [0.15, 0.2) is 73.1 Å². The Bertz CT molecular complexity index is 1380. The van der Waals surface area contributed by atoms with E-state index in [0.717, 1.165) is 5.56 Å². The molecule has 7 nitrogen and oxygen atoms in total. The van der Waals surface area contributed by atoms with E-state index in [-0.39, 0.29) is 12.3 Å². The first kappa shape index (κ1) is 22.1. The number of carboxylic acids is 1. The Morgan fingerprint density at radius 3 is 2.58 bits per heavy atom. The lowest BCUT2D eigenvalue weighted by molar-refractivity contribution is -0.136. The van der Waals surface area contributed by atoms with E-state index in [1.165, 1.54) is 4.42 Å². The van der Waals surface area contributed by atoms with Crippen LogP contribution in [0, 0.1) is 11.3 Å².